The molecule has 2 aromatic rings. The van der Waals surface area contributed by atoms with E-state index in [0.29, 0.717) is 0 Å². The first kappa shape index (κ1) is 18.8. The molecule has 0 amide bonds. The number of fused-ring (bicyclic) bond motifs is 1. The lowest BCUT2D eigenvalue weighted by Gasteiger charge is -2.26. The fourth-order valence-corrected chi connectivity index (χ4v) is 3.72. The molecule has 142 valence electrons. The summed E-state index contributed by atoms with van der Waals surface area (Å²) in [6.45, 7) is 3.84. The molecule has 0 aliphatic carbocycles. The van der Waals surface area contributed by atoms with Crippen molar-refractivity contribution in [3.63, 3.8) is 0 Å². The van der Waals surface area contributed by atoms with Gasteiger partial charge in [-0.15, -0.1) is 0 Å². The van der Waals surface area contributed by atoms with Crippen molar-refractivity contribution in [2.24, 2.45) is 10.9 Å². The van der Waals surface area contributed by atoms with E-state index in [9.17, 15) is 0 Å². The van der Waals surface area contributed by atoms with Crippen LogP contribution < -0.4 is 5.32 Å². The summed E-state index contributed by atoms with van der Waals surface area (Å²) in [6, 6.07) is 8.50. The molecule has 0 bridgehead atoms. The first-order valence-corrected chi connectivity index (χ1v) is 9.82. The largest absolute Gasteiger partial charge is 0.381 e. The van der Waals surface area contributed by atoms with Crippen molar-refractivity contribution in [1.29, 1.82) is 0 Å². The number of benzene rings is 1. The van der Waals surface area contributed by atoms with Crippen molar-refractivity contribution < 1.29 is 4.74 Å². The smallest absolute Gasteiger partial charge is 0.193 e. The molecule has 0 atom stereocenters. The van der Waals surface area contributed by atoms with E-state index in [1.165, 1.54) is 35.7 Å². The Bertz CT molecular complexity index is 703. The van der Waals surface area contributed by atoms with Crippen molar-refractivity contribution in [2.75, 3.05) is 40.4 Å². The monoisotopic (exact) mass is 356 g/mol. The number of aliphatic imine (C=N–C) groups is 1. The number of rotatable bonds is 7. The second-order valence-electron chi connectivity index (χ2n) is 7.20. The van der Waals surface area contributed by atoms with Gasteiger partial charge >= 0.3 is 0 Å². The van der Waals surface area contributed by atoms with Crippen LogP contribution in [0.15, 0.2) is 35.5 Å². The first-order chi connectivity index (χ1) is 12.8. The lowest BCUT2D eigenvalue weighted by molar-refractivity contribution is 0.0625. The lowest BCUT2D eigenvalue weighted by Crippen LogP contribution is -2.40. The van der Waals surface area contributed by atoms with Crippen molar-refractivity contribution in [3.8, 4) is 0 Å². The highest BCUT2D eigenvalue weighted by atomic mass is 16.5. The maximum Gasteiger partial charge on any atom is 0.193 e. The molecule has 0 spiro atoms. The predicted octanol–water partition coefficient (Wildman–Crippen LogP) is 3.42. The van der Waals surface area contributed by atoms with Gasteiger partial charge in [-0.2, -0.15) is 0 Å². The summed E-state index contributed by atoms with van der Waals surface area (Å²) < 4.78 is 5.45. The number of para-hydroxylation sites is 1. The Labute approximate surface area is 156 Å². The number of hydrogen-bond acceptors (Lipinski definition) is 2. The standard InChI is InChI=1S/C21H32N4O/c1-22-21(25(2)13-9-17-10-14-26-15-11-17)23-12-5-6-18-16-24-20-8-4-3-7-19(18)20/h3-4,7-8,16-17,24H,5-6,9-15H2,1-2H3,(H,22,23). The van der Waals surface area contributed by atoms with Gasteiger partial charge < -0.3 is 19.9 Å². The van der Waals surface area contributed by atoms with Crippen LogP contribution in [0.1, 0.15) is 31.2 Å². The van der Waals surface area contributed by atoms with E-state index < -0.39 is 0 Å². The van der Waals surface area contributed by atoms with E-state index in [1.54, 1.807) is 0 Å². The van der Waals surface area contributed by atoms with Gasteiger partial charge in [-0.25, -0.2) is 0 Å². The van der Waals surface area contributed by atoms with Crippen molar-refractivity contribution >= 4 is 16.9 Å². The highest BCUT2D eigenvalue weighted by molar-refractivity contribution is 5.83. The molecule has 2 heterocycles. The number of H-pyrrole nitrogens is 1. The molecule has 1 aromatic carbocycles. The molecular formula is C21H32N4O. The molecular weight excluding hydrogens is 324 g/mol. The zero-order valence-electron chi connectivity index (χ0n) is 16.1. The zero-order valence-corrected chi connectivity index (χ0v) is 16.1. The molecule has 1 aliphatic heterocycles. The van der Waals surface area contributed by atoms with Gasteiger partial charge in [0.05, 0.1) is 0 Å². The molecule has 26 heavy (non-hydrogen) atoms. The van der Waals surface area contributed by atoms with Crippen molar-refractivity contribution in [3.05, 3.63) is 36.0 Å². The average Bonchev–Trinajstić information content (AvgIpc) is 3.10. The number of guanidine groups is 1. The van der Waals surface area contributed by atoms with Crippen LogP contribution in [0.2, 0.25) is 0 Å². The second kappa shape index (κ2) is 9.62. The van der Waals surface area contributed by atoms with Gasteiger partial charge in [-0.1, -0.05) is 18.2 Å². The average molecular weight is 357 g/mol. The third kappa shape index (κ3) is 5.01. The van der Waals surface area contributed by atoms with Crippen LogP contribution in [0.5, 0.6) is 0 Å². The summed E-state index contributed by atoms with van der Waals surface area (Å²) >= 11 is 0. The van der Waals surface area contributed by atoms with Gasteiger partial charge in [0, 0.05) is 57.5 Å². The lowest BCUT2D eigenvalue weighted by atomic mass is 9.96. The molecule has 3 rings (SSSR count). The maximum absolute atomic E-state index is 5.45. The minimum atomic E-state index is 0.797. The number of ether oxygens (including phenoxy) is 1. The minimum absolute atomic E-state index is 0.797. The van der Waals surface area contributed by atoms with Crippen molar-refractivity contribution in [1.82, 2.24) is 15.2 Å². The van der Waals surface area contributed by atoms with E-state index >= 15 is 0 Å². The second-order valence-corrected chi connectivity index (χ2v) is 7.20. The zero-order chi connectivity index (χ0) is 18.2. The van der Waals surface area contributed by atoms with Gasteiger partial charge in [0.25, 0.3) is 0 Å². The summed E-state index contributed by atoms with van der Waals surface area (Å²) in [4.78, 5) is 10.0. The normalized spacial score (nSPS) is 16.2. The van der Waals surface area contributed by atoms with Crippen LogP contribution in [0, 0.1) is 5.92 Å². The number of hydrogen-bond donors (Lipinski definition) is 2. The Morgan fingerprint density at radius 3 is 2.92 bits per heavy atom. The summed E-state index contributed by atoms with van der Waals surface area (Å²) in [7, 11) is 4.00. The number of aromatic nitrogens is 1. The third-order valence-corrected chi connectivity index (χ3v) is 5.37. The molecule has 1 aliphatic rings. The van der Waals surface area contributed by atoms with E-state index in [2.05, 4.69) is 57.7 Å². The Morgan fingerprint density at radius 1 is 1.31 bits per heavy atom. The van der Waals surface area contributed by atoms with E-state index in [-0.39, 0.29) is 0 Å². The van der Waals surface area contributed by atoms with Crippen LogP contribution in [-0.2, 0) is 11.2 Å². The van der Waals surface area contributed by atoms with Crippen LogP contribution in [0.3, 0.4) is 0 Å². The van der Waals surface area contributed by atoms with Gasteiger partial charge in [-0.3, -0.25) is 4.99 Å². The Morgan fingerprint density at radius 2 is 2.12 bits per heavy atom. The fourth-order valence-electron chi connectivity index (χ4n) is 3.72. The molecule has 0 unspecified atom stereocenters. The molecule has 1 aromatic heterocycles. The summed E-state index contributed by atoms with van der Waals surface area (Å²) in [5.41, 5.74) is 2.62. The Balaban J connectivity index is 1.39. The molecule has 2 N–H and O–H groups in total. The van der Waals surface area contributed by atoms with Crippen molar-refractivity contribution in [2.45, 2.75) is 32.1 Å². The molecule has 1 fully saturated rings. The van der Waals surface area contributed by atoms with Gasteiger partial charge in [-0.05, 0) is 49.7 Å². The Kier molecular flexibility index (Phi) is 6.95. The molecule has 5 nitrogen and oxygen atoms in total. The topological polar surface area (TPSA) is 52.7 Å². The number of nitrogens with zero attached hydrogens (tertiary/aromatic N) is 2. The number of aryl methyl sites for hydroxylation is 1. The molecule has 1 saturated heterocycles. The highest BCUT2D eigenvalue weighted by Crippen LogP contribution is 2.19. The van der Waals surface area contributed by atoms with Gasteiger partial charge in [0.15, 0.2) is 5.96 Å². The predicted molar refractivity (Wildman–Crippen MR) is 109 cm³/mol. The van der Waals surface area contributed by atoms with Crippen LogP contribution in [-0.4, -0.2) is 56.2 Å². The van der Waals surface area contributed by atoms with E-state index in [1.807, 2.05) is 7.05 Å². The first-order valence-electron chi connectivity index (χ1n) is 9.82. The maximum atomic E-state index is 5.45. The SMILES string of the molecule is CN=C(NCCCc1c[nH]c2ccccc12)N(C)CCC1CCOCC1. The van der Waals surface area contributed by atoms with E-state index in [0.717, 1.165) is 51.0 Å². The summed E-state index contributed by atoms with van der Waals surface area (Å²) in [5.74, 6) is 1.79. The Hall–Kier alpha value is -2.01. The van der Waals surface area contributed by atoms with Crippen LogP contribution in [0.4, 0.5) is 0 Å². The molecule has 5 heteroatoms. The molecule has 0 radical (unpaired) electrons. The van der Waals surface area contributed by atoms with Crippen LogP contribution >= 0.6 is 0 Å². The van der Waals surface area contributed by atoms with Crippen LogP contribution in [0.25, 0.3) is 10.9 Å². The summed E-state index contributed by atoms with van der Waals surface area (Å²) in [5, 5.41) is 4.85. The third-order valence-electron chi connectivity index (χ3n) is 5.37. The fraction of sp³-hybridized carbons (Fsp3) is 0.571. The van der Waals surface area contributed by atoms with Gasteiger partial charge in [0.2, 0.25) is 0 Å². The number of nitrogens with one attached hydrogen (secondary N) is 2. The van der Waals surface area contributed by atoms with E-state index in [4.69, 9.17) is 4.74 Å². The quantitative estimate of drug-likeness (QED) is 0.454. The minimum Gasteiger partial charge on any atom is -0.381 e. The van der Waals surface area contributed by atoms with Gasteiger partial charge in [0.1, 0.15) is 0 Å². The molecule has 0 saturated carbocycles. The summed E-state index contributed by atoms with van der Waals surface area (Å²) in [6.07, 6.45) is 7.92. The number of aromatic amines is 1. The highest BCUT2D eigenvalue weighted by Gasteiger charge is 2.15.